The monoisotopic (exact) mass is 338 g/mol. The molecule has 0 heterocycles. The van der Waals surface area contributed by atoms with Crippen molar-refractivity contribution in [3.05, 3.63) is 35.4 Å². The van der Waals surface area contributed by atoms with E-state index in [1.54, 1.807) is 0 Å². The summed E-state index contributed by atoms with van der Waals surface area (Å²) in [6, 6.07) is 3.61. The Balaban J connectivity index is 3.15. The summed E-state index contributed by atoms with van der Waals surface area (Å²) in [4.78, 5) is 11.2. The van der Waals surface area contributed by atoms with Crippen molar-refractivity contribution in [3.63, 3.8) is 0 Å². The number of carbonyl (C=O) groups is 1. The smallest absolute Gasteiger partial charge is 0.348 e. The Morgan fingerprint density at radius 3 is 2.36 bits per heavy atom. The van der Waals surface area contributed by atoms with Crippen molar-refractivity contribution in [2.75, 3.05) is 12.3 Å². The minimum absolute atomic E-state index is 0.191. The molecule has 0 fully saturated rings. The van der Waals surface area contributed by atoms with E-state index in [1.807, 2.05) is 0 Å². The molecule has 0 aromatic heterocycles. The van der Waals surface area contributed by atoms with Gasteiger partial charge >= 0.3 is 6.18 Å². The first kappa shape index (κ1) is 18.4. The summed E-state index contributed by atoms with van der Waals surface area (Å²) in [6.07, 6.45) is -4.60. The maximum atomic E-state index is 13.0. The largest absolute Gasteiger partial charge is 0.416 e. The lowest BCUT2D eigenvalue weighted by Crippen LogP contribution is -2.38. The van der Waals surface area contributed by atoms with Gasteiger partial charge in [-0.2, -0.15) is 13.2 Å². The predicted octanol–water partition coefficient (Wildman–Crippen LogP) is 1.82. The highest BCUT2D eigenvalue weighted by Crippen LogP contribution is 2.34. The number of nitrogens with one attached hydrogen (secondary N) is 2. The van der Waals surface area contributed by atoms with E-state index >= 15 is 0 Å². The standard InChI is InChI=1S/C13H17F3N2O3S/c1-3-22(20,21)17-8-12(18-9(2)19)10-6-4-5-7-11(10)13(14,15)16/h4-7,12,17H,3,8H2,1-2H3,(H,18,19). The van der Waals surface area contributed by atoms with Crippen LogP contribution in [0.3, 0.4) is 0 Å². The molecule has 0 saturated heterocycles. The van der Waals surface area contributed by atoms with Crippen molar-refractivity contribution in [3.8, 4) is 0 Å². The Labute approximate surface area is 127 Å². The average molecular weight is 338 g/mol. The Hall–Kier alpha value is -1.61. The molecule has 124 valence electrons. The number of hydrogen-bond acceptors (Lipinski definition) is 3. The molecule has 0 bridgehead atoms. The average Bonchev–Trinajstić information content (AvgIpc) is 2.42. The van der Waals surface area contributed by atoms with Gasteiger partial charge < -0.3 is 5.32 Å². The highest BCUT2D eigenvalue weighted by molar-refractivity contribution is 7.89. The molecule has 2 N–H and O–H groups in total. The molecule has 0 aliphatic rings. The van der Waals surface area contributed by atoms with Crippen LogP contribution in [0.2, 0.25) is 0 Å². The summed E-state index contributed by atoms with van der Waals surface area (Å²) in [5.74, 6) is -0.765. The Kier molecular flexibility index (Phi) is 5.95. The summed E-state index contributed by atoms with van der Waals surface area (Å²) in [5.41, 5.74) is -1.10. The second-order valence-electron chi connectivity index (χ2n) is 4.59. The maximum absolute atomic E-state index is 13.0. The molecule has 0 radical (unpaired) electrons. The number of rotatable bonds is 6. The predicted molar refractivity (Wildman–Crippen MR) is 75.5 cm³/mol. The molecule has 5 nitrogen and oxygen atoms in total. The fourth-order valence-electron chi connectivity index (χ4n) is 1.86. The maximum Gasteiger partial charge on any atom is 0.416 e. The van der Waals surface area contributed by atoms with Gasteiger partial charge in [0.1, 0.15) is 0 Å². The molecule has 0 aliphatic heterocycles. The SMILES string of the molecule is CCS(=O)(=O)NCC(NC(C)=O)c1ccccc1C(F)(F)F. The van der Waals surface area contributed by atoms with Crippen LogP contribution < -0.4 is 10.0 Å². The lowest BCUT2D eigenvalue weighted by molar-refractivity contribution is -0.138. The second kappa shape index (κ2) is 7.10. The normalized spacial score (nSPS) is 13.7. The molecule has 1 aromatic carbocycles. The van der Waals surface area contributed by atoms with Crippen LogP contribution in [0.5, 0.6) is 0 Å². The topological polar surface area (TPSA) is 75.3 Å². The van der Waals surface area contributed by atoms with Crippen molar-refractivity contribution < 1.29 is 26.4 Å². The molecule has 0 spiro atoms. The Morgan fingerprint density at radius 1 is 1.27 bits per heavy atom. The highest BCUT2D eigenvalue weighted by Gasteiger charge is 2.35. The molecule has 22 heavy (non-hydrogen) atoms. The number of halogens is 3. The van der Waals surface area contributed by atoms with E-state index in [9.17, 15) is 26.4 Å². The van der Waals surface area contributed by atoms with Crippen molar-refractivity contribution in [1.82, 2.24) is 10.0 Å². The number of sulfonamides is 1. The lowest BCUT2D eigenvalue weighted by atomic mass is 10.00. The van der Waals surface area contributed by atoms with Gasteiger partial charge in [0.2, 0.25) is 15.9 Å². The summed E-state index contributed by atoms with van der Waals surface area (Å²) in [6.45, 7) is 2.19. The molecule has 1 amide bonds. The van der Waals surface area contributed by atoms with Crippen molar-refractivity contribution in [2.45, 2.75) is 26.1 Å². The van der Waals surface area contributed by atoms with Gasteiger partial charge in [0.05, 0.1) is 17.4 Å². The fraction of sp³-hybridized carbons (Fsp3) is 0.462. The number of alkyl halides is 3. The quantitative estimate of drug-likeness (QED) is 0.831. The molecule has 1 atom stereocenters. The summed E-state index contributed by atoms with van der Waals surface area (Å²) >= 11 is 0. The van der Waals surface area contributed by atoms with E-state index in [1.165, 1.54) is 25.1 Å². The Bertz CT molecular complexity index is 630. The third-order valence-electron chi connectivity index (χ3n) is 2.91. The van der Waals surface area contributed by atoms with E-state index < -0.39 is 33.7 Å². The summed E-state index contributed by atoms with van der Waals surface area (Å²) < 4.78 is 64.2. The van der Waals surface area contributed by atoms with Gasteiger partial charge in [-0.15, -0.1) is 0 Å². The number of hydrogen-bond donors (Lipinski definition) is 2. The van der Waals surface area contributed by atoms with Gasteiger partial charge in [-0.1, -0.05) is 18.2 Å². The Morgan fingerprint density at radius 2 is 1.86 bits per heavy atom. The van der Waals surface area contributed by atoms with Crippen LogP contribution in [0.15, 0.2) is 24.3 Å². The van der Waals surface area contributed by atoms with Crippen LogP contribution in [-0.2, 0) is 21.0 Å². The minimum Gasteiger partial charge on any atom is -0.348 e. The van der Waals surface area contributed by atoms with Gasteiger partial charge in [0, 0.05) is 13.5 Å². The van der Waals surface area contributed by atoms with Crippen LogP contribution in [0.1, 0.15) is 31.0 Å². The molecular formula is C13H17F3N2O3S. The molecule has 0 aliphatic carbocycles. The van der Waals surface area contributed by atoms with Crippen LogP contribution in [0.25, 0.3) is 0 Å². The van der Waals surface area contributed by atoms with E-state index in [-0.39, 0.29) is 17.9 Å². The van der Waals surface area contributed by atoms with E-state index in [0.29, 0.717) is 0 Å². The molecular weight excluding hydrogens is 321 g/mol. The van der Waals surface area contributed by atoms with Gasteiger partial charge in [0.25, 0.3) is 0 Å². The fourth-order valence-corrected chi connectivity index (χ4v) is 2.48. The van der Waals surface area contributed by atoms with Crippen LogP contribution in [-0.4, -0.2) is 26.6 Å². The zero-order valence-corrected chi connectivity index (χ0v) is 12.9. The molecule has 9 heteroatoms. The van der Waals surface area contributed by atoms with Gasteiger partial charge in [0.15, 0.2) is 0 Å². The number of carbonyl (C=O) groups excluding carboxylic acids is 1. The van der Waals surface area contributed by atoms with E-state index in [2.05, 4.69) is 10.0 Å². The van der Waals surface area contributed by atoms with E-state index in [0.717, 1.165) is 13.0 Å². The van der Waals surface area contributed by atoms with Crippen LogP contribution in [0, 0.1) is 0 Å². The zero-order valence-electron chi connectivity index (χ0n) is 12.1. The first-order valence-corrected chi connectivity index (χ1v) is 8.12. The second-order valence-corrected chi connectivity index (χ2v) is 6.69. The highest BCUT2D eigenvalue weighted by atomic mass is 32.2. The molecule has 1 unspecified atom stereocenters. The summed E-state index contributed by atoms with van der Waals surface area (Å²) in [7, 11) is -3.59. The zero-order chi connectivity index (χ0) is 17.0. The first-order chi connectivity index (χ1) is 10.1. The molecule has 0 saturated carbocycles. The van der Waals surface area contributed by atoms with Crippen LogP contribution >= 0.6 is 0 Å². The molecule has 1 aromatic rings. The van der Waals surface area contributed by atoms with E-state index in [4.69, 9.17) is 0 Å². The van der Waals surface area contributed by atoms with Gasteiger partial charge in [-0.3, -0.25) is 4.79 Å². The van der Waals surface area contributed by atoms with Gasteiger partial charge in [-0.05, 0) is 18.6 Å². The third kappa shape index (κ3) is 5.30. The van der Waals surface area contributed by atoms with Crippen LogP contribution in [0.4, 0.5) is 13.2 Å². The number of benzene rings is 1. The minimum atomic E-state index is -4.60. The van der Waals surface area contributed by atoms with Crippen molar-refractivity contribution >= 4 is 15.9 Å². The summed E-state index contributed by atoms with van der Waals surface area (Å²) in [5, 5.41) is 2.34. The van der Waals surface area contributed by atoms with Gasteiger partial charge in [-0.25, -0.2) is 13.1 Å². The number of amides is 1. The first-order valence-electron chi connectivity index (χ1n) is 6.47. The lowest BCUT2D eigenvalue weighted by Gasteiger charge is -2.22. The van der Waals surface area contributed by atoms with Crippen molar-refractivity contribution in [1.29, 1.82) is 0 Å². The van der Waals surface area contributed by atoms with Crippen molar-refractivity contribution in [2.24, 2.45) is 0 Å². The molecule has 1 rings (SSSR count). The third-order valence-corrected chi connectivity index (χ3v) is 4.27.